The Morgan fingerprint density at radius 1 is 0.719 bits per heavy atom. The van der Waals surface area contributed by atoms with Crippen molar-refractivity contribution >= 4 is 24.0 Å². The summed E-state index contributed by atoms with van der Waals surface area (Å²) >= 11 is 0. The zero-order valence-corrected chi connectivity index (χ0v) is 32.7. The number of rotatable bonds is 12. The summed E-state index contributed by atoms with van der Waals surface area (Å²) in [6.07, 6.45) is 3.65. The Hall–Kier alpha value is -5.84. The van der Waals surface area contributed by atoms with Gasteiger partial charge in [0.05, 0.1) is 56.2 Å². The molecule has 2 fully saturated rings. The average molecular weight is 791 g/mol. The zero-order valence-electron chi connectivity index (χ0n) is 32.7. The fourth-order valence-corrected chi connectivity index (χ4v) is 7.50. The maximum atomic E-state index is 15.7. The van der Waals surface area contributed by atoms with Crippen LogP contribution in [0.2, 0.25) is 0 Å². The van der Waals surface area contributed by atoms with Gasteiger partial charge in [-0.25, -0.2) is 28.3 Å². The number of ether oxygens (including phenoxy) is 3. The summed E-state index contributed by atoms with van der Waals surface area (Å²) in [5, 5.41) is 5.18. The Kier molecular flexibility index (Phi) is 12.6. The number of aromatic nitrogens is 4. The number of halogens is 2. The number of nitrogens with zero attached hydrogens (tertiary/aromatic N) is 4. The third-order valence-corrected chi connectivity index (χ3v) is 10.7. The number of methoxy groups -OCH3 is 3. The lowest BCUT2D eigenvalue weighted by Gasteiger charge is -2.30. The summed E-state index contributed by atoms with van der Waals surface area (Å²) in [4.78, 5) is 69.7. The lowest BCUT2D eigenvalue weighted by atomic mass is 10.00. The third kappa shape index (κ3) is 8.62. The molecular formula is C40H48F2N8O7. The zero-order chi connectivity index (χ0) is 41.0. The van der Waals surface area contributed by atoms with Crippen molar-refractivity contribution in [3.05, 3.63) is 72.1 Å². The Morgan fingerprint density at radius 2 is 1.16 bits per heavy atom. The number of amides is 4. The minimum atomic E-state index is -0.986. The van der Waals surface area contributed by atoms with Crippen molar-refractivity contribution in [3.8, 4) is 33.6 Å². The second-order valence-corrected chi connectivity index (χ2v) is 14.5. The van der Waals surface area contributed by atoms with E-state index in [0.29, 0.717) is 66.5 Å². The Morgan fingerprint density at radius 3 is 1.56 bits per heavy atom. The van der Waals surface area contributed by atoms with E-state index in [4.69, 9.17) is 14.2 Å². The molecule has 6 rings (SSSR count). The van der Waals surface area contributed by atoms with E-state index < -0.39 is 48.1 Å². The minimum absolute atomic E-state index is 0.184. The molecule has 0 spiro atoms. The summed E-state index contributed by atoms with van der Waals surface area (Å²) in [7, 11) is 3.90. The largest absolute Gasteiger partial charge is 0.453 e. The minimum Gasteiger partial charge on any atom is -0.453 e. The summed E-state index contributed by atoms with van der Waals surface area (Å²) in [5.74, 6) is -0.908. The van der Waals surface area contributed by atoms with Crippen LogP contribution in [0.3, 0.4) is 0 Å². The van der Waals surface area contributed by atoms with Gasteiger partial charge in [0.15, 0.2) is 0 Å². The Labute approximate surface area is 328 Å². The second kappa shape index (κ2) is 17.5. The summed E-state index contributed by atoms with van der Waals surface area (Å²) in [6.45, 7) is 6.27. The molecule has 0 saturated carbocycles. The van der Waals surface area contributed by atoms with Crippen molar-refractivity contribution in [1.29, 1.82) is 0 Å². The highest BCUT2D eigenvalue weighted by molar-refractivity contribution is 5.87. The van der Waals surface area contributed by atoms with Gasteiger partial charge in [-0.05, 0) is 73.9 Å². The van der Waals surface area contributed by atoms with E-state index in [1.807, 2.05) is 13.8 Å². The molecule has 4 aromatic rings. The van der Waals surface area contributed by atoms with Gasteiger partial charge in [0, 0.05) is 31.3 Å². The highest BCUT2D eigenvalue weighted by Gasteiger charge is 2.40. The van der Waals surface area contributed by atoms with Gasteiger partial charge in [-0.3, -0.25) is 9.59 Å². The van der Waals surface area contributed by atoms with Gasteiger partial charge in [-0.2, -0.15) is 0 Å². The molecule has 4 N–H and O–H groups in total. The molecule has 2 aromatic heterocycles. The van der Waals surface area contributed by atoms with E-state index in [-0.39, 0.29) is 34.9 Å². The number of carbonyl (C=O) groups is 4. The van der Waals surface area contributed by atoms with Crippen LogP contribution in [0.4, 0.5) is 18.4 Å². The van der Waals surface area contributed by atoms with Gasteiger partial charge in [-0.15, -0.1) is 0 Å². The first kappa shape index (κ1) is 40.8. The first-order valence-electron chi connectivity index (χ1n) is 18.9. The lowest BCUT2D eigenvalue weighted by molar-refractivity contribution is -0.137. The molecule has 2 saturated heterocycles. The summed E-state index contributed by atoms with van der Waals surface area (Å²) < 4.78 is 46.2. The fraction of sp³-hybridized carbons (Fsp3) is 0.450. The molecule has 4 amide bonds. The van der Waals surface area contributed by atoms with E-state index in [9.17, 15) is 19.2 Å². The quantitative estimate of drug-likeness (QED) is 0.136. The molecule has 2 aliphatic heterocycles. The molecule has 0 aliphatic carbocycles. The standard InChI is InChI=1S/C40H48F2N8O7/c1-21(2)33(47-39(53)56-5)37(51)49-15-7-9-31(49)35-43-19-29(45-35)25-13-11-23(17-27(25)41)24-12-14-26(28(42)18-24)30-20-44-36(46-30)32-10-8-16-50(32)38(52)34(22(3)55-4)48-40(54)57-6/h11-14,17-22,31-34H,7-10,15-16H2,1-6H3,(H,43,45)(H,44,46)(H,47,53)(H,48,54)/t22-,31-,32-,33-,34-/m0/s1. The monoisotopic (exact) mass is 790 g/mol. The number of aromatic amines is 2. The molecule has 2 aliphatic rings. The van der Waals surface area contributed by atoms with E-state index >= 15 is 8.78 Å². The third-order valence-electron chi connectivity index (χ3n) is 10.7. The van der Waals surface area contributed by atoms with Crippen molar-refractivity contribution in [1.82, 2.24) is 40.4 Å². The number of carbonyl (C=O) groups excluding carboxylic acids is 4. The van der Waals surface area contributed by atoms with Gasteiger partial charge < -0.3 is 44.6 Å². The predicted octanol–water partition coefficient (Wildman–Crippen LogP) is 5.88. The van der Waals surface area contributed by atoms with Crippen LogP contribution in [-0.4, -0.2) is 106 Å². The molecule has 57 heavy (non-hydrogen) atoms. The first-order chi connectivity index (χ1) is 27.3. The van der Waals surface area contributed by atoms with Crippen molar-refractivity contribution in [2.45, 2.75) is 76.7 Å². The molecule has 5 atom stereocenters. The maximum Gasteiger partial charge on any atom is 0.407 e. The number of H-pyrrole nitrogens is 2. The molecular weight excluding hydrogens is 742 g/mol. The number of hydrogen-bond acceptors (Lipinski definition) is 9. The molecule has 0 unspecified atom stereocenters. The van der Waals surface area contributed by atoms with Gasteiger partial charge in [0.1, 0.15) is 35.4 Å². The Balaban J connectivity index is 1.16. The summed E-state index contributed by atoms with van der Waals surface area (Å²) in [6, 6.07) is 6.63. The highest BCUT2D eigenvalue weighted by Crippen LogP contribution is 2.36. The molecule has 15 nitrogen and oxygen atoms in total. The van der Waals surface area contributed by atoms with Crippen LogP contribution >= 0.6 is 0 Å². The van der Waals surface area contributed by atoms with Crippen LogP contribution in [0, 0.1) is 17.6 Å². The molecule has 17 heteroatoms. The number of likely N-dealkylation sites (tertiary alicyclic amines) is 2. The number of nitrogens with one attached hydrogen (secondary N) is 4. The molecule has 4 heterocycles. The smallest absolute Gasteiger partial charge is 0.407 e. The number of imidazole rings is 2. The maximum absolute atomic E-state index is 15.7. The number of benzene rings is 2. The van der Waals surface area contributed by atoms with E-state index in [1.54, 1.807) is 41.0 Å². The van der Waals surface area contributed by atoms with Gasteiger partial charge >= 0.3 is 12.2 Å². The van der Waals surface area contributed by atoms with Crippen LogP contribution in [0.25, 0.3) is 33.6 Å². The van der Waals surface area contributed by atoms with Crippen molar-refractivity contribution in [2.75, 3.05) is 34.4 Å². The van der Waals surface area contributed by atoms with Gasteiger partial charge in [-0.1, -0.05) is 26.0 Å². The van der Waals surface area contributed by atoms with Crippen LogP contribution in [0.1, 0.15) is 70.2 Å². The number of hydrogen-bond donors (Lipinski definition) is 4. The van der Waals surface area contributed by atoms with Crippen molar-refractivity contribution in [2.24, 2.45) is 5.92 Å². The highest BCUT2D eigenvalue weighted by atomic mass is 19.1. The van der Waals surface area contributed by atoms with Crippen molar-refractivity contribution in [3.63, 3.8) is 0 Å². The van der Waals surface area contributed by atoms with E-state index in [1.165, 1.54) is 45.9 Å². The molecule has 0 radical (unpaired) electrons. The topological polar surface area (TPSA) is 184 Å². The van der Waals surface area contributed by atoms with Crippen LogP contribution in [-0.2, 0) is 23.8 Å². The fourth-order valence-electron chi connectivity index (χ4n) is 7.50. The Bertz CT molecular complexity index is 2100. The molecule has 0 bridgehead atoms. The van der Waals surface area contributed by atoms with E-state index in [2.05, 4.69) is 30.6 Å². The first-order valence-corrected chi connectivity index (χ1v) is 18.9. The van der Waals surface area contributed by atoms with Crippen molar-refractivity contribution < 1.29 is 42.2 Å². The molecule has 304 valence electrons. The number of alkyl carbamates (subject to hydrolysis) is 2. The van der Waals surface area contributed by atoms with Gasteiger partial charge in [0.2, 0.25) is 11.8 Å². The second-order valence-electron chi connectivity index (χ2n) is 14.5. The molecule has 2 aromatic carbocycles. The van der Waals surface area contributed by atoms with Crippen LogP contribution < -0.4 is 10.6 Å². The lowest BCUT2D eigenvalue weighted by Crippen LogP contribution is -2.54. The van der Waals surface area contributed by atoms with Gasteiger partial charge in [0.25, 0.3) is 0 Å². The van der Waals surface area contributed by atoms with Crippen LogP contribution in [0.15, 0.2) is 48.8 Å². The van der Waals surface area contributed by atoms with Crippen LogP contribution in [0.5, 0.6) is 0 Å². The normalized spacial score (nSPS) is 18.3. The average Bonchev–Trinajstić information content (AvgIpc) is 4.05. The summed E-state index contributed by atoms with van der Waals surface area (Å²) in [5.41, 5.74) is 2.24. The SMILES string of the molecule is COC(=O)N[C@H](C(=O)N1CCC[C@H]1c1ncc(-c2ccc(-c3ccc(-c4cnc([C@@H]5CCCN5C(=O)[C@@H](NC(=O)OC)[C@H](C)OC)[nH]4)c(F)c3)cc2F)[nH]1)C(C)C. The predicted molar refractivity (Wildman–Crippen MR) is 204 cm³/mol. The van der Waals surface area contributed by atoms with E-state index in [0.717, 1.165) is 6.42 Å².